The number of aromatic nitrogens is 5. The zero-order chi connectivity index (χ0) is 20.7. The molecule has 0 radical (unpaired) electrons. The first-order valence-corrected chi connectivity index (χ1v) is 9.85. The molecule has 0 saturated carbocycles. The molecule has 1 atom stereocenters. The normalized spacial score (nSPS) is 12.6. The van der Waals surface area contributed by atoms with Gasteiger partial charge in [-0.3, -0.25) is 9.40 Å². The van der Waals surface area contributed by atoms with Gasteiger partial charge >= 0.3 is 6.55 Å². The lowest BCUT2D eigenvalue weighted by molar-refractivity contribution is 0.0515. The van der Waals surface area contributed by atoms with E-state index in [2.05, 4.69) is 24.2 Å². The number of anilines is 1. The van der Waals surface area contributed by atoms with E-state index in [1.165, 1.54) is 0 Å². The summed E-state index contributed by atoms with van der Waals surface area (Å²) >= 11 is 11.6. The molecule has 0 aliphatic carbocycles. The number of hydrogen-bond donors (Lipinski definition) is 2. The fraction of sp³-hybridized carbons (Fsp3) is 0.125. The van der Waals surface area contributed by atoms with Crippen molar-refractivity contribution in [1.29, 1.82) is 0 Å². The van der Waals surface area contributed by atoms with Crippen molar-refractivity contribution < 1.29 is 17.3 Å². The summed E-state index contributed by atoms with van der Waals surface area (Å²) < 4.78 is 47.7. The first kappa shape index (κ1) is 19.7. The van der Waals surface area contributed by atoms with Crippen LogP contribution in [0.3, 0.4) is 0 Å². The summed E-state index contributed by atoms with van der Waals surface area (Å²) in [7, 11) is -0.0533. The van der Waals surface area contributed by atoms with E-state index >= 15 is 0 Å². The van der Waals surface area contributed by atoms with Crippen LogP contribution in [0, 0.1) is 0 Å². The Labute approximate surface area is 175 Å². The van der Waals surface area contributed by atoms with Gasteiger partial charge in [-0.2, -0.15) is 23.7 Å². The summed E-state index contributed by atoms with van der Waals surface area (Å²) in [6.45, 7) is -2.97. The summed E-state index contributed by atoms with van der Waals surface area (Å²) in [5, 5.41) is 8.75. The molecule has 1 unspecified atom stereocenters. The van der Waals surface area contributed by atoms with Gasteiger partial charge in [0.05, 0.1) is 27.8 Å². The monoisotopic (exact) mass is 460 g/mol. The van der Waals surface area contributed by atoms with E-state index in [-0.39, 0.29) is 10.4 Å². The number of aromatic amines is 1. The van der Waals surface area contributed by atoms with Gasteiger partial charge in [-0.25, -0.2) is 4.21 Å². The fourth-order valence-corrected chi connectivity index (χ4v) is 4.33. The van der Waals surface area contributed by atoms with Crippen LogP contribution in [-0.4, -0.2) is 28.8 Å². The molecule has 0 bridgehead atoms. The Balaban J connectivity index is 1.73. The van der Waals surface area contributed by atoms with Crippen molar-refractivity contribution in [2.24, 2.45) is 7.05 Å². The Morgan fingerprint density at radius 3 is 2.76 bits per heavy atom. The Hall–Kier alpha value is -2.63. The van der Waals surface area contributed by atoms with Crippen LogP contribution < -0.4 is 9.01 Å². The lowest BCUT2D eigenvalue weighted by Gasteiger charge is -2.07. The van der Waals surface area contributed by atoms with Crippen LogP contribution in [0.25, 0.3) is 22.0 Å². The summed E-state index contributed by atoms with van der Waals surface area (Å²) in [4.78, 5) is 3.45. The third-order valence-corrected chi connectivity index (χ3v) is 5.77. The number of alkyl halides is 2. The van der Waals surface area contributed by atoms with E-state index in [1.807, 2.05) is 0 Å². The highest BCUT2D eigenvalue weighted by Crippen LogP contribution is 2.37. The molecule has 152 valence electrons. The number of halogens is 4. The van der Waals surface area contributed by atoms with Crippen molar-refractivity contribution >= 4 is 51.0 Å². The van der Waals surface area contributed by atoms with E-state index < -0.39 is 23.4 Å². The Morgan fingerprint density at radius 2 is 2.10 bits per heavy atom. The maximum Gasteiger partial charge on any atom is 0.336 e. The number of nitrogens with one attached hydrogen (secondary N) is 2. The van der Waals surface area contributed by atoms with Crippen molar-refractivity contribution in [1.82, 2.24) is 24.5 Å². The molecule has 0 aliphatic rings. The van der Waals surface area contributed by atoms with Crippen molar-refractivity contribution in [2.75, 3.05) is 4.72 Å². The van der Waals surface area contributed by atoms with Gasteiger partial charge in [0.1, 0.15) is 17.6 Å². The van der Waals surface area contributed by atoms with Gasteiger partial charge in [0, 0.05) is 36.0 Å². The number of H-pyrrole nitrogens is 1. The third-order valence-electron chi connectivity index (χ3n) is 4.17. The smallest absolute Gasteiger partial charge is 0.336 e. The zero-order valence-corrected chi connectivity index (χ0v) is 16.9. The molecule has 0 aliphatic heterocycles. The van der Waals surface area contributed by atoms with Gasteiger partial charge in [-0.1, -0.05) is 17.7 Å². The molecule has 3 aromatic heterocycles. The molecule has 3 heterocycles. The van der Waals surface area contributed by atoms with Crippen molar-refractivity contribution in [3.05, 3.63) is 41.9 Å². The van der Waals surface area contributed by atoms with Gasteiger partial charge in [0.2, 0.25) is 0 Å². The minimum atomic E-state index is -2.97. The highest BCUT2D eigenvalue weighted by atomic mass is 35.5. The Bertz CT molecular complexity index is 1220. The molecular formula is C16H12Cl2F2N6O2S. The molecule has 13 heteroatoms. The third kappa shape index (κ3) is 3.45. The molecule has 0 amide bonds. The number of rotatable bonds is 6. The summed E-state index contributed by atoms with van der Waals surface area (Å²) in [5.41, 5.74) is 2.10. The zero-order valence-electron chi connectivity index (χ0n) is 14.6. The van der Waals surface area contributed by atoms with E-state index in [1.54, 1.807) is 42.5 Å². The molecular weight excluding hydrogens is 449 g/mol. The van der Waals surface area contributed by atoms with Gasteiger partial charge < -0.3 is 9.27 Å². The maximum absolute atomic E-state index is 12.9. The predicted octanol–water partition coefficient (Wildman–Crippen LogP) is 4.48. The van der Waals surface area contributed by atoms with Crippen molar-refractivity contribution in [3.8, 4) is 17.0 Å². The molecule has 0 fully saturated rings. The first-order chi connectivity index (χ1) is 13.9. The van der Waals surface area contributed by atoms with Crippen molar-refractivity contribution in [2.45, 2.75) is 11.4 Å². The maximum atomic E-state index is 12.9. The van der Waals surface area contributed by atoms with Crippen LogP contribution in [0.4, 0.5) is 14.5 Å². The minimum absolute atomic E-state index is 0.0468. The second-order valence-corrected chi connectivity index (χ2v) is 7.68. The highest BCUT2D eigenvalue weighted by Gasteiger charge is 2.22. The molecule has 29 heavy (non-hydrogen) atoms. The lowest BCUT2D eigenvalue weighted by Crippen LogP contribution is -2.06. The largest absolute Gasteiger partial charge is 0.363 e. The predicted molar refractivity (Wildman–Crippen MR) is 106 cm³/mol. The Kier molecular flexibility index (Phi) is 5.19. The van der Waals surface area contributed by atoms with E-state index in [0.717, 1.165) is 11.8 Å². The lowest BCUT2D eigenvalue weighted by atomic mass is 10.1. The fourth-order valence-electron chi connectivity index (χ4n) is 2.93. The molecule has 0 saturated heterocycles. The van der Waals surface area contributed by atoms with E-state index in [4.69, 9.17) is 23.5 Å². The molecule has 4 aromatic rings. The second-order valence-electron chi connectivity index (χ2n) is 5.93. The quantitative estimate of drug-likeness (QED) is 0.443. The van der Waals surface area contributed by atoms with E-state index in [9.17, 15) is 13.0 Å². The number of hydrogen-bond acceptors (Lipinski definition) is 4. The number of nitrogens with zero attached hydrogens (tertiary/aromatic N) is 4. The summed E-state index contributed by atoms with van der Waals surface area (Å²) in [5.74, 6) is -0.450. The second kappa shape index (κ2) is 7.65. The standard InChI is InChI=1S/C16H12Cl2F2N6O2S/c1-25-7-8(4-22-25)13-10(17)3-2-9-12(6-21-14(9)13)29(27)24-11-5-23-26(16(19)20)15(11)28-18/h2-7,16,21,24H,1H3. The van der Waals surface area contributed by atoms with E-state index in [0.29, 0.717) is 26.4 Å². The first-order valence-electron chi connectivity index (χ1n) is 8.02. The Morgan fingerprint density at radius 1 is 1.31 bits per heavy atom. The number of fused-ring (bicyclic) bond motifs is 1. The highest BCUT2D eigenvalue weighted by molar-refractivity contribution is 7.86. The molecule has 4 rings (SSSR count). The number of benzene rings is 1. The molecule has 0 spiro atoms. The average molecular weight is 461 g/mol. The minimum Gasteiger partial charge on any atom is -0.363 e. The van der Waals surface area contributed by atoms with Gasteiger partial charge in [-0.05, 0) is 6.07 Å². The molecule has 1 aromatic carbocycles. The number of aryl methyl sites for hydroxylation is 1. The molecule has 8 nitrogen and oxygen atoms in total. The van der Waals surface area contributed by atoms with Crippen LogP contribution in [0.2, 0.25) is 5.02 Å². The van der Waals surface area contributed by atoms with Crippen molar-refractivity contribution in [3.63, 3.8) is 0 Å². The van der Waals surface area contributed by atoms with Crippen LogP contribution in [0.5, 0.6) is 5.88 Å². The van der Waals surface area contributed by atoms with Crippen LogP contribution >= 0.6 is 23.5 Å². The average Bonchev–Trinajstić information content (AvgIpc) is 3.39. The van der Waals surface area contributed by atoms with Gasteiger partial charge in [0.15, 0.2) is 11.0 Å². The molecule has 2 N–H and O–H groups in total. The van der Waals surface area contributed by atoms with Crippen LogP contribution in [-0.2, 0) is 18.0 Å². The summed E-state index contributed by atoms with van der Waals surface area (Å²) in [6, 6.07) is 3.40. The van der Waals surface area contributed by atoms with Gasteiger partial charge in [-0.15, -0.1) is 0 Å². The summed E-state index contributed by atoms with van der Waals surface area (Å²) in [6.07, 6.45) is 6.07. The van der Waals surface area contributed by atoms with Gasteiger partial charge in [0.25, 0.3) is 5.88 Å². The topological polar surface area (TPSA) is 89.8 Å². The van der Waals surface area contributed by atoms with Crippen LogP contribution in [0.1, 0.15) is 6.55 Å². The SMILES string of the molecule is Cn1cc(-c2c(Cl)ccc3c(S(=O)Nc4cnn(C(F)F)c4OCl)c[nH]c23)cn1. The van der Waals surface area contributed by atoms with Crippen LogP contribution in [0.15, 0.2) is 41.8 Å².